The van der Waals surface area contributed by atoms with Crippen LogP contribution in [0.15, 0.2) is 54.6 Å². The molecule has 0 radical (unpaired) electrons. The first-order chi connectivity index (χ1) is 11.3. The summed E-state index contributed by atoms with van der Waals surface area (Å²) in [6.45, 7) is 2.46. The Labute approximate surface area is 134 Å². The highest BCUT2D eigenvalue weighted by Gasteiger charge is 2.14. The van der Waals surface area contributed by atoms with Gasteiger partial charge < -0.3 is 4.74 Å². The van der Waals surface area contributed by atoms with Crippen LogP contribution in [0.3, 0.4) is 0 Å². The van der Waals surface area contributed by atoms with Crippen LogP contribution in [0.2, 0.25) is 0 Å². The zero-order valence-electron chi connectivity index (χ0n) is 12.8. The number of aromatic nitrogens is 3. The van der Waals surface area contributed by atoms with Crippen molar-refractivity contribution in [3.05, 3.63) is 71.5 Å². The number of hydrogen-bond acceptors (Lipinski definition) is 4. The van der Waals surface area contributed by atoms with E-state index in [0.717, 1.165) is 29.0 Å². The lowest BCUT2D eigenvalue weighted by Gasteiger charge is -2.09. The predicted octanol–water partition coefficient (Wildman–Crippen LogP) is 3.01. The Kier molecular flexibility index (Phi) is 4.47. The van der Waals surface area contributed by atoms with Gasteiger partial charge in [0.2, 0.25) is 0 Å². The number of rotatable bonds is 6. The van der Waals surface area contributed by atoms with Crippen molar-refractivity contribution in [1.82, 2.24) is 15.0 Å². The molecule has 116 valence electrons. The molecule has 0 N–H and O–H groups in total. The normalized spacial score (nSPS) is 10.5. The molecule has 0 unspecified atom stereocenters. The summed E-state index contributed by atoms with van der Waals surface area (Å²) in [6.07, 6.45) is 1.28. The SMILES string of the molecule is Cc1cccc(-n2nnc(C=O)c2CCOc2ccccc2)c1. The molecular weight excluding hydrogens is 290 g/mol. The maximum Gasteiger partial charge on any atom is 0.172 e. The van der Waals surface area contributed by atoms with E-state index in [4.69, 9.17) is 4.74 Å². The van der Waals surface area contributed by atoms with Crippen molar-refractivity contribution in [2.45, 2.75) is 13.3 Å². The van der Waals surface area contributed by atoms with Crippen LogP contribution in [-0.4, -0.2) is 27.9 Å². The molecule has 5 nitrogen and oxygen atoms in total. The van der Waals surface area contributed by atoms with Crippen molar-refractivity contribution in [3.8, 4) is 11.4 Å². The summed E-state index contributed by atoms with van der Waals surface area (Å²) in [7, 11) is 0. The third kappa shape index (κ3) is 3.45. The lowest BCUT2D eigenvalue weighted by molar-refractivity contribution is 0.111. The molecule has 0 saturated heterocycles. The minimum atomic E-state index is 0.350. The highest BCUT2D eigenvalue weighted by molar-refractivity contribution is 5.73. The molecule has 23 heavy (non-hydrogen) atoms. The Morgan fingerprint density at radius 3 is 2.70 bits per heavy atom. The van der Waals surface area contributed by atoms with Gasteiger partial charge >= 0.3 is 0 Å². The molecule has 0 fully saturated rings. The van der Waals surface area contributed by atoms with Gasteiger partial charge in [0.15, 0.2) is 6.29 Å². The van der Waals surface area contributed by atoms with E-state index in [1.165, 1.54) is 0 Å². The molecule has 0 atom stereocenters. The summed E-state index contributed by atoms with van der Waals surface area (Å²) in [5, 5.41) is 8.06. The molecule has 0 bridgehead atoms. The quantitative estimate of drug-likeness (QED) is 0.657. The molecule has 2 aromatic carbocycles. The van der Waals surface area contributed by atoms with Gasteiger partial charge in [-0.3, -0.25) is 4.79 Å². The number of carbonyl (C=O) groups is 1. The molecule has 1 aromatic heterocycles. The summed E-state index contributed by atoms with van der Waals surface area (Å²) in [6, 6.07) is 17.5. The van der Waals surface area contributed by atoms with Gasteiger partial charge in [-0.2, -0.15) is 0 Å². The Morgan fingerprint density at radius 2 is 1.96 bits per heavy atom. The zero-order valence-corrected chi connectivity index (χ0v) is 12.8. The number of nitrogens with zero attached hydrogens (tertiary/aromatic N) is 3. The van der Waals surface area contributed by atoms with E-state index in [9.17, 15) is 4.79 Å². The van der Waals surface area contributed by atoms with Crippen molar-refractivity contribution in [3.63, 3.8) is 0 Å². The number of para-hydroxylation sites is 1. The van der Waals surface area contributed by atoms with E-state index >= 15 is 0 Å². The van der Waals surface area contributed by atoms with E-state index in [2.05, 4.69) is 10.3 Å². The van der Waals surface area contributed by atoms with Gasteiger partial charge in [-0.25, -0.2) is 4.68 Å². The van der Waals surface area contributed by atoms with Gasteiger partial charge in [0.05, 0.1) is 18.0 Å². The summed E-state index contributed by atoms with van der Waals surface area (Å²) < 4.78 is 7.41. The minimum absolute atomic E-state index is 0.350. The molecule has 0 aliphatic heterocycles. The van der Waals surface area contributed by atoms with Gasteiger partial charge in [-0.05, 0) is 36.8 Å². The number of aldehydes is 1. The van der Waals surface area contributed by atoms with Crippen molar-refractivity contribution < 1.29 is 9.53 Å². The van der Waals surface area contributed by atoms with Crippen LogP contribution in [-0.2, 0) is 6.42 Å². The van der Waals surface area contributed by atoms with Gasteiger partial charge in [0.1, 0.15) is 11.4 Å². The number of carbonyl (C=O) groups excluding carboxylic acids is 1. The average Bonchev–Trinajstić information content (AvgIpc) is 2.99. The first-order valence-corrected chi connectivity index (χ1v) is 7.42. The molecule has 3 rings (SSSR count). The lowest BCUT2D eigenvalue weighted by atomic mass is 10.2. The molecule has 3 aromatic rings. The van der Waals surface area contributed by atoms with Crippen LogP contribution >= 0.6 is 0 Å². The molecule has 0 aliphatic carbocycles. The summed E-state index contributed by atoms with van der Waals surface area (Å²) in [5.41, 5.74) is 3.11. The predicted molar refractivity (Wildman–Crippen MR) is 87.1 cm³/mol. The van der Waals surface area contributed by atoms with Gasteiger partial charge in [-0.15, -0.1) is 5.10 Å². The van der Waals surface area contributed by atoms with Crippen LogP contribution in [0, 0.1) is 6.92 Å². The van der Waals surface area contributed by atoms with Gasteiger partial charge in [0, 0.05) is 6.42 Å². The molecule has 0 aliphatic rings. The summed E-state index contributed by atoms with van der Waals surface area (Å²) >= 11 is 0. The fourth-order valence-corrected chi connectivity index (χ4v) is 2.39. The summed E-state index contributed by atoms with van der Waals surface area (Å²) in [4.78, 5) is 11.2. The van der Waals surface area contributed by atoms with E-state index in [0.29, 0.717) is 18.7 Å². The lowest BCUT2D eigenvalue weighted by Crippen LogP contribution is -2.09. The standard InChI is InChI=1S/C18H17N3O2/c1-14-6-5-7-15(12-14)21-18(17(13-22)19-20-21)10-11-23-16-8-3-2-4-9-16/h2-9,12-13H,10-11H2,1H3. The van der Waals surface area contributed by atoms with Crippen molar-refractivity contribution >= 4 is 6.29 Å². The Hall–Kier alpha value is -2.95. The van der Waals surface area contributed by atoms with Crippen LogP contribution in [0.1, 0.15) is 21.7 Å². The Balaban J connectivity index is 1.80. The molecule has 1 heterocycles. The highest BCUT2D eigenvalue weighted by Crippen LogP contribution is 2.15. The maximum absolute atomic E-state index is 11.2. The van der Waals surface area contributed by atoms with E-state index in [1.54, 1.807) is 4.68 Å². The second-order valence-electron chi connectivity index (χ2n) is 5.20. The maximum atomic E-state index is 11.2. The number of ether oxygens (including phenoxy) is 1. The average molecular weight is 307 g/mol. The molecule has 0 saturated carbocycles. The van der Waals surface area contributed by atoms with Crippen molar-refractivity contribution in [2.24, 2.45) is 0 Å². The van der Waals surface area contributed by atoms with E-state index < -0.39 is 0 Å². The zero-order chi connectivity index (χ0) is 16.1. The first-order valence-electron chi connectivity index (χ1n) is 7.42. The fraction of sp³-hybridized carbons (Fsp3) is 0.167. The van der Waals surface area contributed by atoms with Crippen molar-refractivity contribution in [2.75, 3.05) is 6.61 Å². The Morgan fingerprint density at radius 1 is 1.13 bits per heavy atom. The smallest absolute Gasteiger partial charge is 0.172 e. The highest BCUT2D eigenvalue weighted by atomic mass is 16.5. The molecule has 5 heteroatoms. The largest absolute Gasteiger partial charge is 0.493 e. The first kappa shape index (κ1) is 15.0. The van der Waals surface area contributed by atoms with Crippen LogP contribution < -0.4 is 4.74 Å². The van der Waals surface area contributed by atoms with E-state index in [1.807, 2.05) is 61.5 Å². The Bertz CT molecular complexity index is 797. The van der Waals surface area contributed by atoms with Gasteiger partial charge in [-0.1, -0.05) is 35.5 Å². The number of aryl methyl sites for hydroxylation is 1. The second kappa shape index (κ2) is 6.87. The number of benzene rings is 2. The fourth-order valence-electron chi connectivity index (χ4n) is 2.39. The molecule has 0 spiro atoms. The second-order valence-corrected chi connectivity index (χ2v) is 5.20. The third-order valence-corrected chi connectivity index (χ3v) is 3.50. The molecular formula is C18H17N3O2. The summed E-state index contributed by atoms with van der Waals surface area (Å²) in [5.74, 6) is 0.801. The van der Waals surface area contributed by atoms with Gasteiger partial charge in [0.25, 0.3) is 0 Å². The van der Waals surface area contributed by atoms with Crippen molar-refractivity contribution in [1.29, 1.82) is 0 Å². The van der Waals surface area contributed by atoms with Crippen LogP contribution in [0.4, 0.5) is 0 Å². The third-order valence-electron chi connectivity index (χ3n) is 3.50. The molecule has 0 amide bonds. The van der Waals surface area contributed by atoms with Crippen LogP contribution in [0.5, 0.6) is 5.75 Å². The number of hydrogen-bond donors (Lipinski definition) is 0. The van der Waals surface area contributed by atoms with Crippen LogP contribution in [0.25, 0.3) is 5.69 Å². The minimum Gasteiger partial charge on any atom is -0.493 e. The van der Waals surface area contributed by atoms with E-state index in [-0.39, 0.29) is 0 Å². The topological polar surface area (TPSA) is 57.0 Å². The monoisotopic (exact) mass is 307 g/mol.